The number of amides is 1. The molecule has 4 aromatic rings. The van der Waals surface area contributed by atoms with Crippen molar-refractivity contribution >= 4 is 33.1 Å². The summed E-state index contributed by atoms with van der Waals surface area (Å²) in [5.74, 6) is 0.0343. The molecule has 0 aliphatic heterocycles. The molecule has 5 heteroatoms. The first-order chi connectivity index (χ1) is 13.5. The molecule has 2 aromatic heterocycles. The molecule has 1 amide bonds. The first-order valence-electron chi connectivity index (χ1n) is 9.24. The topological polar surface area (TPSA) is 34.0 Å². The van der Waals surface area contributed by atoms with Crippen molar-refractivity contribution in [3.05, 3.63) is 88.7 Å². The second kappa shape index (κ2) is 7.60. The Balaban J connectivity index is 1.63. The van der Waals surface area contributed by atoms with Crippen LogP contribution in [0, 0.1) is 5.82 Å². The van der Waals surface area contributed by atoms with E-state index >= 15 is 0 Å². The molecule has 0 atom stereocenters. The highest BCUT2D eigenvalue weighted by Gasteiger charge is 2.17. The number of rotatable bonds is 5. The van der Waals surface area contributed by atoms with Gasteiger partial charge in [0.05, 0.1) is 10.2 Å². The van der Waals surface area contributed by atoms with Crippen molar-refractivity contribution < 1.29 is 9.18 Å². The third-order valence-electron chi connectivity index (χ3n) is 4.84. The summed E-state index contributed by atoms with van der Waals surface area (Å²) < 4.78 is 16.3. The van der Waals surface area contributed by atoms with Gasteiger partial charge < -0.3 is 9.88 Å². The highest BCUT2D eigenvalue weighted by atomic mass is 32.1. The highest BCUT2D eigenvalue weighted by Crippen LogP contribution is 2.27. The van der Waals surface area contributed by atoms with Crippen LogP contribution in [0.1, 0.15) is 41.4 Å². The molecular weight excluding hydrogens is 371 g/mol. The summed E-state index contributed by atoms with van der Waals surface area (Å²) in [6.07, 6.45) is 0. The number of nitrogens with one attached hydrogen (secondary N) is 1. The van der Waals surface area contributed by atoms with Gasteiger partial charge >= 0.3 is 0 Å². The summed E-state index contributed by atoms with van der Waals surface area (Å²) in [5.41, 5.74) is 4.56. The number of halogens is 1. The van der Waals surface area contributed by atoms with Gasteiger partial charge in [-0.2, -0.15) is 0 Å². The van der Waals surface area contributed by atoms with Crippen LogP contribution in [0.3, 0.4) is 0 Å². The van der Waals surface area contributed by atoms with Gasteiger partial charge in [0.15, 0.2) is 0 Å². The molecule has 0 aliphatic rings. The maximum absolute atomic E-state index is 13.2. The second-order valence-electron chi connectivity index (χ2n) is 7.14. The van der Waals surface area contributed by atoms with E-state index in [2.05, 4.69) is 19.2 Å². The highest BCUT2D eigenvalue weighted by molar-refractivity contribution is 7.17. The van der Waals surface area contributed by atoms with E-state index in [9.17, 15) is 9.18 Å². The number of nitrogens with zero attached hydrogens (tertiary/aromatic N) is 1. The van der Waals surface area contributed by atoms with Crippen molar-refractivity contribution in [2.75, 3.05) is 5.32 Å². The zero-order valence-electron chi connectivity index (χ0n) is 15.8. The average molecular weight is 392 g/mol. The van der Waals surface area contributed by atoms with E-state index in [0.717, 1.165) is 21.5 Å². The van der Waals surface area contributed by atoms with Crippen molar-refractivity contribution in [3.8, 4) is 0 Å². The molecule has 1 N–H and O–H groups in total. The minimum atomic E-state index is -0.264. The monoisotopic (exact) mass is 392 g/mol. The lowest BCUT2D eigenvalue weighted by Crippen LogP contribution is -2.17. The molecule has 0 spiro atoms. The maximum atomic E-state index is 13.2. The fraction of sp³-hybridized carbons (Fsp3) is 0.174. The van der Waals surface area contributed by atoms with Crippen LogP contribution in [-0.2, 0) is 6.54 Å². The van der Waals surface area contributed by atoms with E-state index in [1.54, 1.807) is 23.5 Å². The maximum Gasteiger partial charge on any atom is 0.272 e. The Morgan fingerprint density at radius 2 is 1.79 bits per heavy atom. The van der Waals surface area contributed by atoms with Crippen LogP contribution < -0.4 is 5.32 Å². The molecule has 0 unspecified atom stereocenters. The molecule has 0 bridgehead atoms. The fourth-order valence-electron chi connectivity index (χ4n) is 3.25. The fourth-order valence-corrected chi connectivity index (χ4v) is 4.08. The molecule has 28 heavy (non-hydrogen) atoms. The van der Waals surface area contributed by atoms with Crippen LogP contribution in [0.15, 0.2) is 66.0 Å². The number of fused-ring (bicyclic) bond motifs is 1. The lowest BCUT2D eigenvalue weighted by atomic mass is 10.0. The summed E-state index contributed by atoms with van der Waals surface area (Å²) in [6.45, 7) is 4.79. The number of aromatic nitrogens is 1. The number of hydrogen-bond acceptors (Lipinski definition) is 2. The molecule has 2 heterocycles. The van der Waals surface area contributed by atoms with Gasteiger partial charge in [-0.3, -0.25) is 4.79 Å². The Labute approximate surface area is 167 Å². The van der Waals surface area contributed by atoms with Gasteiger partial charge in [-0.25, -0.2) is 4.39 Å². The molecule has 0 saturated carbocycles. The summed E-state index contributed by atoms with van der Waals surface area (Å²) >= 11 is 1.60. The lowest BCUT2D eigenvalue weighted by molar-refractivity contribution is 0.101. The van der Waals surface area contributed by atoms with Crippen LogP contribution in [-0.4, -0.2) is 10.5 Å². The smallest absolute Gasteiger partial charge is 0.272 e. The van der Waals surface area contributed by atoms with Gasteiger partial charge in [0.25, 0.3) is 5.91 Å². The molecule has 4 rings (SSSR count). The second-order valence-corrected chi connectivity index (χ2v) is 8.09. The molecule has 0 radical (unpaired) electrons. The van der Waals surface area contributed by atoms with Crippen LogP contribution in [0.25, 0.3) is 10.2 Å². The van der Waals surface area contributed by atoms with E-state index in [1.165, 1.54) is 17.7 Å². The Bertz CT molecular complexity index is 1110. The Kier molecular flexibility index (Phi) is 5.01. The van der Waals surface area contributed by atoms with E-state index in [4.69, 9.17) is 0 Å². The Morgan fingerprint density at radius 1 is 1.07 bits per heavy atom. The number of anilines is 1. The summed E-state index contributed by atoms with van der Waals surface area (Å²) in [5, 5.41) is 5.01. The van der Waals surface area contributed by atoms with Crippen LogP contribution in [0.5, 0.6) is 0 Å². The zero-order chi connectivity index (χ0) is 19.7. The van der Waals surface area contributed by atoms with Gasteiger partial charge in [-0.1, -0.05) is 38.1 Å². The van der Waals surface area contributed by atoms with Gasteiger partial charge in [0.2, 0.25) is 0 Å². The third kappa shape index (κ3) is 3.71. The Hall–Kier alpha value is -2.92. The summed E-state index contributed by atoms with van der Waals surface area (Å²) in [4.78, 5) is 13.0. The van der Waals surface area contributed by atoms with Crippen LogP contribution in [0.2, 0.25) is 0 Å². The molecule has 2 aromatic carbocycles. The predicted octanol–water partition coefficient (Wildman–Crippen LogP) is 6.27. The van der Waals surface area contributed by atoms with E-state index in [0.29, 0.717) is 18.2 Å². The summed E-state index contributed by atoms with van der Waals surface area (Å²) in [7, 11) is 0. The minimum Gasteiger partial charge on any atom is -0.331 e. The van der Waals surface area contributed by atoms with Crippen molar-refractivity contribution in [2.24, 2.45) is 0 Å². The van der Waals surface area contributed by atoms with Crippen molar-refractivity contribution in [1.29, 1.82) is 0 Å². The molecule has 0 aliphatic carbocycles. The number of carbonyl (C=O) groups is 1. The predicted molar refractivity (Wildman–Crippen MR) is 114 cm³/mol. The standard InChI is InChI=1S/C23H21FN2OS/c1-15(2)17-5-9-19(10-6-17)25-23(27)21-13-22-20(11-12-28-22)26(21)14-16-3-7-18(24)8-4-16/h3-13,15H,14H2,1-2H3,(H,25,27). The minimum absolute atomic E-state index is 0.150. The van der Waals surface area contributed by atoms with Gasteiger partial charge in [-0.05, 0) is 58.8 Å². The van der Waals surface area contributed by atoms with Crippen LogP contribution >= 0.6 is 11.3 Å². The normalized spacial score (nSPS) is 11.3. The summed E-state index contributed by atoms with van der Waals surface area (Å²) in [6, 6.07) is 18.3. The number of benzene rings is 2. The number of hydrogen-bond donors (Lipinski definition) is 1. The van der Waals surface area contributed by atoms with E-state index < -0.39 is 0 Å². The van der Waals surface area contributed by atoms with Gasteiger partial charge in [-0.15, -0.1) is 11.3 Å². The van der Waals surface area contributed by atoms with Gasteiger partial charge in [0, 0.05) is 12.2 Å². The lowest BCUT2D eigenvalue weighted by Gasteiger charge is -2.12. The van der Waals surface area contributed by atoms with E-state index in [1.807, 2.05) is 46.3 Å². The molecule has 142 valence electrons. The van der Waals surface area contributed by atoms with Crippen LogP contribution in [0.4, 0.5) is 10.1 Å². The van der Waals surface area contributed by atoms with Crippen molar-refractivity contribution in [1.82, 2.24) is 4.57 Å². The molecule has 0 saturated heterocycles. The number of carbonyl (C=O) groups excluding carboxylic acids is 1. The van der Waals surface area contributed by atoms with Gasteiger partial charge in [0.1, 0.15) is 11.5 Å². The number of thiophene rings is 1. The van der Waals surface area contributed by atoms with Crippen molar-refractivity contribution in [2.45, 2.75) is 26.3 Å². The SMILES string of the molecule is CC(C)c1ccc(NC(=O)c2cc3sccc3n2Cc2ccc(F)cc2)cc1. The zero-order valence-corrected chi connectivity index (χ0v) is 16.6. The van der Waals surface area contributed by atoms with Crippen molar-refractivity contribution in [3.63, 3.8) is 0 Å². The molecule has 3 nitrogen and oxygen atoms in total. The largest absolute Gasteiger partial charge is 0.331 e. The Morgan fingerprint density at radius 3 is 2.46 bits per heavy atom. The van der Waals surface area contributed by atoms with E-state index in [-0.39, 0.29) is 11.7 Å². The third-order valence-corrected chi connectivity index (χ3v) is 5.70. The average Bonchev–Trinajstić information content (AvgIpc) is 3.26. The quantitative estimate of drug-likeness (QED) is 0.427. The molecular formula is C23H21FN2OS. The first kappa shape index (κ1) is 18.4. The first-order valence-corrected chi connectivity index (χ1v) is 10.1. The molecule has 0 fully saturated rings.